The van der Waals surface area contributed by atoms with Crippen LogP contribution in [0.15, 0.2) is 72.0 Å². The molecule has 1 aromatic heterocycles. The lowest BCUT2D eigenvalue weighted by Gasteiger charge is -2.23. The van der Waals surface area contributed by atoms with Gasteiger partial charge in [-0.3, -0.25) is 14.5 Å². The fourth-order valence-electron chi connectivity index (χ4n) is 3.62. The number of carbonyl (C=O) groups is 1. The summed E-state index contributed by atoms with van der Waals surface area (Å²) in [7, 11) is 0. The molecule has 0 saturated carbocycles. The van der Waals surface area contributed by atoms with E-state index in [1.54, 1.807) is 30.5 Å². The summed E-state index contributed by atoms with van der Waals surface area (Å²) in [4.78, 5) is 17.4. The van der Waals surface area contributed by atoms with E-state index in [1.165, 1.54) is 41.2 Å². The van der Waals surface area contributed by atoms with Gasteiger partial charge < -0.3 is 10.4 Å². The molecule has 170 valence electrons. The summed E-state index contributed by atoms with van der Waals surface area (Å²) in [6, 6.07) is 10.6. The first-order chi connectivity index (χ1) is 16.0. The maximum atomic E-state index is 14.8. The maximum absolute atomic E-state index is 14.8. The number of halogens is 3. The number of aliphatic hydroxyl groups excluding tert-OH is 1. The first-order valence-electron chi connectivity index (χ1n) is 10.3. The number of aliphatic imine (C=N–C) groups is 1. The first kappa shape index (κ1) is 22.5. The standard InChI is InChI=1S/C24H21F3N4O2/c25-12-22(32)21(14-31-10-2-9-29-31)30-24(33)18-3-1-4-19(27)23(18)20-11-16(13-28-20)15-5-7-17(26)8-6-15/h1-11,21-22,32H,12-14H2,(H,30,33)/t21-,22-/m1/s1. The zero-order valence-electron chi connectivity index (χ0n) is 17.5. The van der Waals surface area contributed by atoms with Crippen molar-refractivity contribution < 1.29 is 23.1 Å². The smallest absolute Gasteiger partial charge is 0.252 e. The lowest BCUT2D eigenvalue weighted by Crippen LogP contribution is -2.47. The van der Waals surface area contributed by atoms with Crippen molar-refractivity contribution in [3.8, 4) is 0 Å². The molecule has 1 aliphatic rings. The highest BCUT2D eigenvalue weighted by Crippen LogP contribution is 2.25. The van der Waals surface area contributed by atoms with E-state index in [9.17, 15) is 23.1 Å². The third-order valence-electron chi connectivity index (χ3n) is 5.34. The molecule has 2 N–H and O–H groups in total. The molecular weight excluding hydrogens is 433 g/mol. The van der Waals surface area contributed by atoms with Crippen LogP contribution in [0.25, 0.3) is 5.57 Å². The molecule has 2 atom stereocenters. The van der Waals surface area contributed by atoms with Crippen molar-refractivity contribution in [3.63, 3.8) is 0 Å². The molecular formula is C24H21F3N4O2. The van der Waals surface area contributed by atoms with E-state index >= 15 is 0 Å². The lowest BCUT2D eigenvalue weighted by atomic mass is 9.99. The lowest BCUT2D eigenvalue weighted by molar-refractivity contribution is 0.0718. The fraction of sp³-hybridized carbons (Fsp3) is 0.208. The largest absolute Gasteiger partial charge is 0.388 e. The second-order valence-electron chi connectivity index (χ2n) is 7.57. The third kappa shape index (κ3) is 5.04. The van der Waals surface area contributed by atoms with Gasteiger partial charge >= 0.3 is 0 Å². The number of carbonyl (C=O) groups excluding carboxylic acids is 1. The van der Waals surface area contributed by atoms with Gasteiger partial charge in [-0.05, 0) is 47.5 Å². The zero-order chi connectivity index (χ0) is 23.4. The highest BCUT2D eigenvalue weighted by molar-refractivity contribution is 6.19. The van der Waals surface area contributed by atoms with Gasteiger partial charge in [0.25, 0.3) is 5.91 Å². The molecule has 3 aromatic rings. The number of aromatic nitrogens is 2. The summed E-state index contributed by atoms with van der Waals surface area (Å²) < 4.78 is 42.7. The summed E-state index contributed by atoms with van der Waals surface area (Å²) >= 11 is 0. The Morgan fingerprint density at radius 1 is 1.15 bits per heavy atom. The molecule has 0 aliphatic carbocycles. The van der Waals surface area contributed by atoms with Gasteiger partial charge in [0, 0.05) is 18.0 Å². The number of nitrogens with one attached hydrogen (secondary N) is 1. The second kappa shape index (κ2) is 9.83. The summed E-state index contributed by atoms with van der Waals surface area (Å²) in [6.07, 6.45) is 3.32. The van der Waals surface area contributed by atoms with Crippen LogP contribution >= 0.6 is 0 Å². The van der Waals surface area contributed by atoms with Crippen molar-refractivity contribution in [1.29, 1.82) is 0 Å². The van der Waals surface area contributed by atoms with E-state index in [2.05, 4.69) is 15.4 Å². The highest BCUT2D eigenvalue weighted by Gasteiger charge is 2.26. The van der Waals surface area contributed by atoms with Crippen LogP contribution in [0.4, 0.5) is 13.2 Å². The average molecular weight is 454 g/mol. The van der Waals surface area contributed by atoms with Crippen molar-refractivity contribution in [2.45, 2.75) is 18.7 Å². The van der Waals surface area contributed by atoms with Gasteiger partial charge in [0.15, 0.2) is 0 Å². The number of aliphatic hydroxyl groups is 1. The van der Waals surface area contributed by atoms with Gasteiger partial charge in [-0.25, -0.2) is 13.2 Å². The van der Waals surface area contributed by atoms with E-state index in [0.29, 0.717) is 0 Å². The first-order valence-corrected chi connectivity index (χ1v) is 10.3. The molecule has 0 fully saturated rings. The number of alkyl halides is 1. The van der Waals surface area contributed by atoms with Crippen molar-refractivity contribution in [3.05, 3.63) is 95.3 Å². The Hall–Kier alpha value is -3.72. The molecule has 4 rings (SSSR count). The van der Waals surface area contributed by atoms with E-state index < -0.39 is 30.5 Å². The molecule has 2 aromatic carbocycles. The topological polar surface area (TPSA) is 79.5 Å². The SMILES string of the molecule is O=C(N[C@H](Cn1cccn1)[C@H](O)CF)c1cccc(F)c1C1=NCC(c2ccc(F)cc2)=C1. The van der Waals surface area contributed by atoms with Crippen molar-refractivity contribution in [2.24, 2.45) is 4.99 Å². The minimum absolute atomic E-state index is 0.000288. The number of hydrogen-bond acceptors (Lipinski definition) is 4. The van der Waals surface area contributed by atoms with E-state index in [4.69, 9.17) is 0 Å². The minimum atomic E-state index is -1.47. The van der Waals surface area contributed by atoms with Crippen LogP contribution in [0.3, 0.4) is 0 Å². The molecule has 6 nitrogen and oxygen atoms in total. The number of benzene rings is 2. The summed E-state index contributed by atoms with van der Waals surface area (Å²) in [6.45, 7) is -0.790. The summed E-state index contributed by atoms with van der Waals surface area (Å²) in [5.41, 5.74) is 1.76. The Morgan fingerprint density at radius 2 is 1.94 bits per heavy atom. The number of hydrogen-bond donors (Lipinski definition) is 2. The van der Waals surface area contributed by atoms with Crippen molar-refractivity contribution >= 4 is 17.2 Å². The van der Waals surface area contributed by atoms with Crippen LogP contribution in [-0.4, -0.2) is 51.9 Å². The summed E-state index contributed by atoms with van der Waals surface area (Å²) in [5, 5.41) is 16.7. The Morgan fingerprint density at radius 3 is 2.64 bits per heavy atom. The quantitative estimate of drug-likeness (QED) is 0.549. The minimum Gasteiger partial charge on any atom is -0.388 e. The van der Waals surface area contributed by atoms with Gasteiger partial charge in [0.1, 0.15) is 24.4 Å². The number of rotatable bonds is 8. The van der Waals surface area contributed by atoms with E-state index in [1.807, 2.05) is 0 Å². The summed E-state index contributed by atoms with van der Waals surface area (Å²) in [5.74, 6) is -1.69. The highest BCUT2D eigenvalue weighted by atomic mass is 19.1. The van der Waals surface area contributed by atoms with Crippen LogP contribution in [0, 0.1) is 11.6 Å². The van der Waals surface area contributed by atoms with Gasteiger partial charge in [0.2, 0.25) is 0 Å². The Bertz CT molecular complexity index is 1190. The van der Waals surface area contributed by atoms with Crippen LogP contribution in [0.5, 0.6) is 0 Å². The van der Waals surface area contributed by atoms with Gasteiger partial charge in [-0.1, -0.05) is 18.2 Å². The van der Waals surface area contributed by atoms with Crippen LogP contribution in [0.1, 0.15) is 21.5 Å². The van der Waals surface area contributed by atoms with Gasteiger partial charge in [-0.2, -0.15) is 5.10 Å². The Kier molecular flexibility index (Phi) is 6.69. The van der Waals surface area contributed by atoms with Crippen molar-refractivity contribution in [2.75, 3.05) is 13.2 Å². The molecule has 33 heavy (non-hydrogen) atoms. The van der Waals surface area contributed by atoms with Gasteiger partial charge in [0.05, 0.1) is 30.4 Å². The maximum Gasteiger partial charge on any atom is 0.252 e. The third-order valence-corrected chi connectivity index (χ3v) is 5.34. The molecule has 0 unspecified atom stereocenters. The van der Waals surface area contributed by atoms with Gasteiger partial charge in [-0.15, -0.1) is 0 Å². The number of allylic oxidation sites excluding steroid dienone is 1. The molecule has 0 bridgehead atoms. The monoisotopic (exact) mass is 454 g/mol. The van der Waals surface area contributed by atoms with Crippen LogP contribution in [0.2, 0.25) is 0 Å². The molecule has 9 heteroatoms. The normalized spacial score (nSPS) is 15.0. The molecule has 1 aliphatic heterocycles. The molecule has 0 saturated heterocycles. The van der Waals surface area contributed by atoms with E-state index in [0.717, 1.165) is 11.1 Å². The predicted octanol–water partition coefficient (Wildman–Crippen LogP) is 3.18. The fourth-order valence-corrected chi connectivity index (χ4v) is 3.62. The number of amides is 1. The van der Waals surface area contributed by atoms with Crippen LogP contribution in [-0.2, 0) is 6.54 Å². The molecule has 0 radical (unpaired) electrons. The zero-order valence-corrected chi connectivity index (χ0v) is 17.5. The second-order valence-corrected chi connectivity index (χ2v) is 7.57. The Labute approximate surface area is 188 Å². The molecule has 1 amide bonds. The average Bonchev–Trinajstić information content (AvgIpc) is 3.51. The predicted molar refractivity (Wildman–Crippen MR) is 118 cm³/mol. The Balaban J connectivity index is 1.61. The molecule has 2 heterocycles. The van der Waals surface area contributed by atoms with Crippen LogP contribution < -0.4 is 5.32 Å². The molecule has 0 spiro atoms. The van der Waals surface area contributed by atoms with Crippen molar-refractivity contribution in [1.82, 2.24) is 15.1 Å². The number of nitrogens with zero attached hydrogens (tertiary/aromatic N) is 3. The van der Waals surface area contributed by atoms with E-state index in [-0.39, 0.29) is 35.7 Å².